The van der Waals surface area contributed by atoms with E-state index in [1.165, 1.54) is 24.3 Å². The Bertz CT molecular complexity index is 782. The van der Waals surface area contributed by atoms with Gasteiger partial charge in [0.05, 0.1) is 19.7 Å². The lowest BCUT2D eigenvalue weighted by Gasteiger charge is -2.23. The highest BCUT2D eigenvalue weighted by Crippen LogP contribution is 2.24. The maximum Gasteiger partial charge on any atom is 0.573 e. The van der Waals surface area contributed by atoms with E-state index in [4.69, 9.17) is 10.5 Å². The summed E-state index contributed by atoms with van der Waals surface area (Å²) in [5, 5.41) is 2.85. The van der Waals surface area contributed by atoms with Crippen molar-refractivity contribution in [3.05, 3.63) is 54.1 Å². The third kappa shape index (κ3) is 8.36. The molecule has 0 aliphatic rings. The van der Waals surface area contributed by atoms with Gasteiger partial charge in [-0.05, 0) is 56.1 Å². The second-order valence-corrected chi connectivity index (χ2v) is 6.18. The van der Waals surface area contributed by atoms with Crippen LogP contribution in [0.3, 0.4) is 0 Å². The highest BCUT2D eigenvalue weighted by atomic mass is 127. The molecule has 2 aromatic rings. The molecule has 0 spiro atoms. The number of benzene rings is 2. The minimum absolute atomic E-state index is 0. The number of methoxy groups -OCH3 is 1. The molecule has 2 rings (SSSR count). The summed E-state index contributed by atoms with van der Waals surface area (Å²) >= 11 is 0. The van der Waals surface area contributed by atoms with Crippen molar-refractivity contribution in [1.29, 1.82) is 0 Å². The van der Waals surface area contributed by atoms with Crippen LogP contribution in [0.4, 0.5) is 18.9 Å². The number of alkyl halides is 3. The van der Waals surface area contributed by atoms with Gasteiger partial charge in [-0.3, -0.25) is 4.99 Å². The molecular weight excluding hydrogens is 500 g/mol. The van der Waals surface area contributed by atoms with Gasteiger partial charge in [0, 0.05) is 5.69 Å². The van der Waals surface area contributed by atoms with E-state index in [0.717, 1.165) is 11.3 Å². The van der Waals surface area contributed by atoms with E-state index in [9.17, 15) is 13.2 Å². The molecule has 0 saturated carbocycles. The van der Waals surface area contributed by atoms with Crippen molar-refractivity contribution in [2.24, 2.45) is 10.7 Å². The molecule has 0 aliphatic carbocycles. The number of ether oxygens (including phenoxy) is 2. The minimum Gasteiger partial charge on any atom is -0.497 e. The van der Waals surface area contributed by atoms with E-state index < -0.39 is 6.36 Å². The highest BCUT2D eigenvalue weighted by molar-refractivity contribution is 14.0. The summed E-state index contributed by atoms with van der Waals surface area (Å²) in [5.74, 6) is 0.620. The Hall–Kier alpha value is -2.21. The van der Waals surface area contributed by atoms with Gasteiger partial charge in [0.2, 0.25) is 0 Å². The van der Waals surface area contributed by atoms with Crippen LogP contribution in [0, 0.1) is 0 Å². The van der Waals surface area contributed by atoms with E-state index in [0.29, 0.717) is 12.2 Å². The monoisotopic (exact) mass is 524 g/mol. The Morgan fingerprint density at radius 1 is 1.07 bits per heavy atom. The third-order valence-electron chi connectivity index (χ3n) is 3.92. The molecule has 0 amide bonds. The number of nitrogens with one attached hydrogen (secondary N) is 1. The van der Waals surface area contributed by atoms with E-state index in [1.54, 1.807) is 7.11 Å². The van der Waals surface area contributed by atoms with E-state index in [2.05, 4.69) is 15.0 Å². The molecule has 1 atom stereocenters. The number of rotatable bonds is 7. The van der Waals surface area contributed by atoms with Crippen molar-refractivity contribution in [1.82, 2.24) is 4.90 Å². The van der Waals surface area contributed by atoms with E-state index in [1.807, 2.05) is 43.3 Å². The van der Waals surface area contributed by atoms with Crippen LogP contribution in [0.5, 0.6) is 11.5 Å². The Labute approximate surface area is 184 Å². The van der Waals surface area contributed by atoms with E-state index >= 15 is 0 Å². The van der Waals surface area contributed by atoms with Crippen molar-refractivity contribution in [2.75, 3.05) is 33.1 Å². The number of guanidine groups is 1. The second kappa shape index (κ2) is 11.1. The van der Waals surface area contributed by atoms with Gasteiger partial charge in [-0.2, -0.15) is 0 Å². The Kier molecular flexibility index (Phi) is 9.50. The van der Waals surface area contributed by atoms with Crippen LogP contribution in [-0.2, 0) is 0 Å². The van der Waals surface area contributed by atoms with Crippen LogP contribution >= 0.6 is 24.0 Å². The van der Waals surface area contributed by atoms with Crippen LogP contribution in [0.25, 0.3) is 0 Å². The van der Waals surface area contributed by atoms with Crippen molar-refractivity contribution >= 4 is 35.6 Å². The number of likely N-dealkylation sites (N-methyl/N-ethyl adjacent to an activating group) is 1. The quantitative estimate of drug-likeness (QED) is 0.322. The highest BCUT2D eigenvalue weighted by Gasteiger charge is 2.30. The maximum absolute atomic E-state index is 12.2. The van der Waals surface area contributed by atoms with E-state index in [-0.39, 0.29) is 41.7 Å². The van der Waals surface area contributed by atoms with Crippen LogP contribution < -0.4 is 20.5 Å². The molecule has 0 aromatic heterocycles. The molecule has 2 aromatic carbocycles. The standard InChI is InChI=1S/C19H23F3N4O2.HI/c1-26(2)17(13-4-8-15(27-3)9-5-13)12-24-18(23)25-14-6-10-16(11-7-14)28-19(20,21)22;/h4-11,17H,12H2,1-3H3,(H3,23,24,25);1H. The fraction of sp³-hybridized carbons (Fsp3) is 0.316. The molecule has 3 N–H and O–H groups in total. The first-order chi connectivity index (χ1) is 13.2. The minimum atomic E-state index is -4.72. The number of hydrogen-bond donors (Lipinski definition) is 2. The Morgan fingerprint density at radius 2 is 1.62 bits per heavy atom. The third-order valence-corrected chi connectivity index (χ3v) is 3.92. The summed E-state index contributed by atoms with van der Waals surface area (Å²) in [4.78, 5) is 6.36. The predicted octanol–water partition coefficient (Wildman–Crippen LogP) is 4.24. The molecular formula is C19H24F3IN4O2. The average Bonchev–Trinajstić information content (AvgIpc) is 2.62. The fourth-order valence-corrected chi connectivity index (χ4v) is 2.51. The SMILES string of the molecule is COc1ccc(C(CN=C(N)Nc2ccc(OC(F)(F)F)cc2)N(C)C)cc1.I. The predicted molar refractivity (Wildman–Crippen MR) is 118 cm³/mol. The molecule has 160 valence electrons. The first kappa shape index (κ1) is 24.8. The number of hydrogen-bond acceptors (Lipinski definition) is 4. The molecule has 10 heteroatoms. The summed E-state index contributed by atoms with van der Waals surface area (Å²) < 4.78 is 45.6. The van der Waals surface area contributed by atoms with Gasteiger partial charge in [0.1, 0.15) is 11.5 Å². The zero-order valence-corrected chi connectivity index (χ0v) is 18.6. The lowest BCUT2D eigenvalue weighted by molar-refractivity contribution is -0.274. The summed E-state index contributed by atoms with van der Waals surface area (Å²) in [6.45, 7) is 0.396. The molecule has 29 heavy (non-hydrogen) atoms. The fourth-order valence-electron chi connectivity index (χ4n) is 2.51. The normalized spacial score (nSPS) is 12.9. The zero-order chi connectivity index (χ0) is 20.7. The van der Waals surface area contributed by atoms with Crippen LogP contribution in [-0.4, -0.2) is 45.0 Å². The summed E-state index contributed by atoms with van der Waals surface area (Å²) in [7, 11) is 5.48. The average molecular weight is 524 g/mol. The number of aliphatic imine (C=N–C) groups is 1. The van der Waals surface area contributed by atoms with Gasteiger partial charge in [0.15, 0.2) is 5.96 Å². The number of nitrogens with zero attached hydrogens (tertiary/aromatic N) is 2. The molecule has 0 saturated heterocycles. The lowest BCUT2D eigenvalue weighted by Crippen LogP contribution is -2.27. The van der Waals surface area contributed by atoms with Gasteiger partial charge in [-0.1, -0.05) is 12.1 Å². The molecule has 6 nitrogen and oxygen atoms in total. The largest absolute Gasteiger partial charge is 0.573 e. The zero-order valence-electron chi connectivity index (χ0n) is 16.2. The van der Waals surface area contributed by atoms with Crippen molar-refractivity contribution in [3.63, 3.8) is 0 Å². The van der Waals surface area contributed by atoms with Crippen LogP contribution in [0.1, 0.15) is 11.6 Å². The summed E-state index contributed by atoms with van der Waals surface area (Å²) in [6, 6.07) is 12.9. The first-order valence-electron chi connectivity index (χ1n) is 8.41. The first-order valence-corrected chi connectivity index (χ1v) is 8.41. The molecule has 0 fully saturated rings. The van der Waals surface area contributed by atoms with Gasteiger partial charge < -0.3 is 25.4 Å². The van der Waals surface area contributed by atoms with Crippen LogP contribution in [0.2, 0.25) is 0 Å². The summed E-state index contributed by atoms with van der Waals surface area (Å²) in [5.41, 5.74) is 7.46. The van der Waals surface area contributed by atoms with Gasteiger partial charge in [-0.25, -0.2) is 0 Å². The Balaban J connectivity index is 0.00000420. The number of nitrogens with two attached hydrogens (primary N) is 1. The van der Waals surface area contributed by atoms with Gasteiger partial charge in [-0.15, -0.1) is 37.1 Å². The number of anilines is 1. The summed E-state index contributed by atoms with van der Waals surface area (Å²) in [6.07, 6.45) is -4.72. The maximum atomic E-state index is 12.2. The van der Waals surface area contributed by atoms with Gasteiger partial charge >= 0.3 is 6.36 Å². The van der Waals surface area contributed by atoms with Gasteiger partial charge in [0.25, 0.3) is 0 Å². The van der Waals surface area contributed by atoms with Crippen molar-refractivity contribution in [2.45, 2.75) is 12.4 Å². The van der Waals surface area contributed by atoms with Crippen molar-refractivity contribution < 1.29 is 22.6 Å². The number of halogens is 4. The van der Waals surface area contributed by atoms with Crippen molar-refractivity contribution in [3.8, 4) is 11.5 Å². The molecule has 0 radical (unpaired) electrons. The molecule has 0 bridgehead atoms. The topological polar surface area (TPSA) is 72.1 Å². The molecule has 0 heterocycles. The second-order valence-electron chi connectivity index (χ2n) is 6.18. The smallest absolute Gasteiger partial charge is 0.497 e. The lowest BCUT2D eigenvalue weighted by atomic mass is 10.1. The molecule has 0 aliphatic heterocycles. The Morgan fingerprint density at radius 3 is 2.10 bits per heavy atom. The van der Waals surface area contributed by atoms with Crippen LogP contribution in [0.15, 0.2) is 53.5 Å². The molecule has 1 unspecified atom stereocenters.